The topological polar surface area (TPSA) is 78.8 Å². The zero-order valence-electron chi connectivity index (χ0n) is 8.66. The lowest BCUT2D eigenvalue weighted by molar-refractivity contribution is 1.17. The van der Waals surface area contributed by atoms with E-state index in [1.807, 2.05) is 17.5 Å². The molecule has 0 radical (unpaired) electrons. The molecule has 3 heterocycles. The zero-order valence-corrected chi connectivity index (χ0v) is 9.48. The number of hydrogen-bond donors (Lipinski definition) is 2. The molecule has 0 aliphatic rings. The highest BCUT2D eigenvalue weighted by atomic mass is 32.1. The molecule has 17 heavy (non-hydrogen) atoms. The Kier molecular flexibility index (Phi) is 2.51. The number of hydrazone groups is 1. The molecule has 3 aromatic rings. The standard InChI is InChI=1S/C10H8N6S/c1-2-7(17-3-1)4-15-16-10-8-9(12-5-11-8)13-6-14-10/h1-6H,(H2,11,12,13,14,16)/b15-4-. The number of aromatic nitrogens is 4. The third-order valence-electron chi connectivity index (χ3n) is 2.13. The Morgan fingerprint density at radius 2 is 2.35 bits per heavy atom. The molecule has 0 saturated heterocycles. The summed E-state index contributed by atoms with van der Waals surface area (Å²) in [7, 11) is 0. The van der Waals surface area contributed by atoms with Gasteiger partial charge in [-0.25, -0.2) is 15.0 Å². The first-order valence-corrected chi connectivity index (χ1v) is 5.78. The van der Waals surface area contributed by atoms with Crippen molar-refractivity contribution >= 4 is 34.5 Å². The SMILES string of the molecule is C(=N/Nc1ncnc2nc[nH]c12)/c1cccs1. The van der Waals surface area contributed by atoms with Crippen molar-refractivity contribution in [3.05, 3.63) is 35.0 Å². The Hall–Kier alpha value is -2.28. The van der Waals surface area contributed by atoms with Crippen LogP contribution in [0.15, 0.2) is 35.3 Å². The van der Waals surface area contributed by atoms with Crippen molar-refractivity contribution in [1.29, 1.82) is 0 Å². The number of H-pyrrole nitrogens is 1. The van der Waals surface area contributed by atoms with Gasteiger partial charge in [-0.05, 0) is 11.4 Å². The van der Waals surface area contributed by atoms with Gasteiger partial charge in [0.2, 0.25) is 0 Å². The Morgan fingerprint density at radius 1 is 1.35 bits per heavy atom. The van der Waals surface area contributed by atoms with Gasteiger partial charge in [0.15, 0.2) is 11.5 Å². The number of rotatable bonds is 3. The molecule has 0 atom stereocenters. The van der Waals surface area contributed by atoms with Gasteiger partial charge in [0.25, 0.3) is 0 Å². The average molecular weight is 244 g/mol. The minimum absolute atomic E-state index is 0.611. The molecule has 0 saturated carbocycles. The van der Waals surface area contributed by atoms with Crippen molar-refractivity contribution in [3.63, 3.8) is 0 Å². The van der Waals surface area contributed by atoms with Crippen LogP contribution in [0, 0.1) is 0 Å². The van der Waals surface area contributed by atoms with Crippen LogP contribution in [0.2, 0.25) is 0 Å². The largest absolute Gasteiger partial charge is 0.340 e. The highest BCUT2D eigenvalue weighted by Crippen LogP contribution is 2.14. The number of imidazole rings is 1. The molecule has 2 N–H and O–H groups in total. The molecule has 7 heteroatoms. The maximum absolute atomic E-state index is 4.11. The van der Waals surface area contributed by atoms with Gasteiger partial charge in [-0.15, -0.1) is 11.3 Å². The lowest BCUT2D eigenvalue weighted by Gasteiger charge is -1.98. The number of aromatic amines is 1. The Labute approximate surface area is 100 Å². The molecular formula is C10H8N6S. The molecule has 6 nitrogen and oxygen atoms in total. The summed E-state index contributed by atoms with van der Waals surface area (Å²) in [6.45, 7) is 0. The molecule has 0 unspecified atom stereocenters. The minimum Gasteiger partial charge on any atom is -0.340 e. The second-order valence-electron chi connectivity index (χ2n) is 3.21. The lowest BCUT2D eigenvalue weighted by Crippen LogP contribution is -1.95. The predicted octanol–water partition coefficient (Wildman–Crippen LogP) is 1.86. The lowest BCUT2D eigenvalue weighted by atomic mass is 10.5. The molecule has 0 spiro atoms. The van der Waals surface area contributed by atoms with Crippen LogP contribution in [0.25, 0.3) is 11.2 Å². The van der Waals surface area contributed by atoms with E-state index in [0.717, 1.165) is 10.4 Å². The molecule has 3 rings (SSSR count). The van der Waals surface area contributed by atoms with E-state index in [0.29, 0.717) is 11.5 Å². The van der Waals surface area contributed by atoms with E-state index in [4.69, 9.17) is 0 Å². The van der Waals surface area contributed by atoms with E-state index in [2.05, 4.69) is 30.5 Å². The van der Waals surface area contributed by atoms with Gasteiger partial charge in [-0.2, -0.15) is 5.10 Å². The van der Waals surface area contributed by atoms with Gasteiger partial charge >= 0.3 is 0 Å². The smallest absolute Gasteiger partial charge is 0.182 e. The highest BCUT2D eigenvalue weighted by molar-refractivity contribution is 7.11. The quantitative estimate of drug-likeness (QED) is 0.544. The average Bonchev–Trinajstić information content (AvgIpc) is 2.99. The molecule has 0 amide bonds. The molecule has 3 aromatic heterocycles. The van der Waals surface area contributed by atoms with Crippen LogP contribution >= 0.6 is 11.3 Å². The van der Waals surface area contributed by atoms with Gasteiger partial charge in [-0.1, -0.05) is 6.07 Å². The van der Waals surface area contributed by atoms with Crippen LogP contribution in [0.3, 0.4) is 0 Å². The molecule has 0 aliphatic carbocycles. The molecule has 0 aromatic carbocycles. The van der Waals surface area contributed by atoms with Crippen molar-refractivity contribution in [3.8, 4) is 0 Å². The number of anilines is 1. The normalized spacial score (nSPS) is 11.3. The second kappa shape index (κ2) is 4.30. The van der Waals surface area contributed by atoms with Crippen LogP contribution in [0.1, 0.15) is 4.88 Å². The first-order chi connectivity index (χ1) is 8.43. The Balaban J connectivity index is 1.83. The van der Waals surface area contributed by atoms with E-state index in [9.17, 15) is 0 Å². The number of fused-ring (bicyclic) bond motifs is 1. The van der Waals surface area contributed by atoms with Crippen molar-refractivity contribution in [2.24, 2.45) is 5.10 Å². The van der Waals surface area contributed by atoms with Gasteiger partial charge in [0.05, 0.1) is 12.5 Å². The van der Waals surface area contributed by atoms with Crippen molar-refractivity contribution in [2.45, 2.75) is 0 Å². The number of nitrogens with one attached hydrogen (secondary N) is 2. The van der Waals surface area contributed by atoms with Gasteiger partial charge in [-0.3, -0.25) is 5.43 Å². The van der Waals surface area contributed by atoms with E-state index >= 15 is 0 Å². The summed E-state index contributed by atoms with van der Waals surface area (Å²) in [5.74, 6) is 0.611. The molecule has 0 fully saturated rings. The monoisotopic (exact) mass is 244 g/mol. The summed E-state index contributed by atoms with van der Waals surface area (Å²) in [6, 6.07) is 3.96. The summed E-state index contributed by atoms with van der Waals surface area (Å²) >= 11 is 1.62. The molecular weight excluding hydrogens is 236 g/mol. The van der Waals surface area contributed by atoms with Crippen LogP contribution in [-0.2, 0) is 0 Å². The second-order valence-corrected chi connectivity index (χ2v) is 4.19. The zero-order chi connectivity index (χ0) is 11.5. The fourth-order valence-corrected chi connectivity index (χ4v) is 1.96. The third kappa shape index (κ3) is 2.00. The highest BCUT2D eigenvalue weighted by Gasteiger charge is 2.03. The van der Waals surface area contributed by atoms with E-state index in [1.54, 1.807) is 23.9 Å². The van der Waals surface area contributed by atoms with Gasteiger partial charge in [0, 0.05) is 4.88 Å². The minimum atomic E-state index is 0.611. The van der Waals surface area contributed by atoms with Crippen LogP contribution in [0.4, 0.5) is 5.82 Å². The van der Waals surface area contributed by atoms with E-state index in [-0.39, 0.29) is 0 Å². The van der Waals surface area contributed by atoms with Crippen LogP contribution < -0.4 is 5.43 Å². The van der Waals surface area contributed by atoms with Gasteiger partial charge < -0.3 is 4.98 Å². The summed E-state index contributed by atoms with van der Waals surface area (Å²) in [5.41, 5.74) is 4.23. The first kappa shape index (κ1) is 9.91. The van der Waals surface area contributed by atoms with E-state index in [1.165, 1.54) is 6.33 Å². The number of hydrogen-bond acceptors (Lipinski definition) is 6. The van der Waals surface area contributed by atoms with Crippen molar-refractivity contribution in [1.82, 2.24) is 19.9 Å². The molecule has 0 bridgehead atoms. The summed E-state index contributed by atoms with van der Waals surface area (Å²) in [5, 5.41) is 6.11. The fourth-order valence-electron chi connectivity index (χ4n) is 1.37. The first-order valence-electron chi connectivity index (χ1n) is 4.90. The van der Waals surface area contributed by atoms with Crippen molar-refractivity contribution in [2.75, 3.05) is 5.43 Å². The third-order valence-corrected chi connectivity index (χ3v) is 2.94. The maximum atomic E-state index is 4.11. The number of nitrogens with zero attached hydrogens (tertiary/aromatic N) is 4. The summed E-state index contributed by atoms with van der Waals surface area (Å²) < 4.78 is 0. The fraction of sp³-hybridized carbons (Fsp3) is 0. The predicted molar refractivity (Wildman–Crippen MR) is 67.2 cm³/mol. The summed E-state index contributed by atoms with van der Waals surface area (Å²) in [4.78, 5) is 16.2. The van der Waals surface area contributed by atoms with Gasteiger partial charge in [0.1, 0.15) is 11.8 Å². The molecule has 0 aliphatic heterocycles. The molecule has 84 valence electrons. The number of thiophene rings is 1. The maximum Gasteiger partial charge on any atom is 0.182 e. The van der Waals surface area contributed by atoms with Crippen LogP contribution in [-0.4, -0.2) is 26.2 Å². The summed E-state index contributed by atoms with van der Waals surface area (Å²) in [6.07, 6.45) is 4.77. The van der Waals surface area contributed by atoms with Crippen molar-refractivity contribution < 1.29 is 0 Å². The Bertz CT molecular complexity index is 642. The Morgan fingerprint density at radius 3 is 3.24 bits per heavy atom. The van der Waals surface area contributed by atoms with Crippen LogP contribution in [0.5, 0.6) is 0 Å². The van der Waals surface area contributed by atoms with E-state index < -0.39 is 0 Å².